The summed E-state index contributed by atoms with van der Waals surface area (Å²) in [5, 5.41) is 0. The van der Waals surface area contributed by atoms with Crippen molar-refractivity contribution in [2.45, 2.75) is 12.3 Å². The van der Waals surface area contributed by atoms with Gasteiger partial charge in [-0.2, -0.15) is 0 Å². The van der Waals surface area contributed by atoms with Crippen molar-refractivity contribution in [1.82, 2.24) is 4.57 Å². The van der Waals surface area contributed by atoms with Gasteiger partial charge in [-0.15, -0.1) is 0 Å². The Balaban J connectivity index is 1.97. The molecule has 1 aliphatic rings. The fourth-order valence-corrected chi connectivity index (χ4v) is 2.53. The van der Waals surface area contributed by atoms with Gasteiger partial charge in [-0.25, -0.2) is 0 Å². The van der Waals surface area contributed by atoms with Crippen molar-refractivity contribution in [3.63, 3.8) is 0 Å². The van der Waals surface area contributed by atoms with E-state index in [1.54, 1.807) is 36.7 Å². The highest BCUT2D eigenvalue weighted by atomic mass is 16.5. The van der Waals surface area contributed by atoms with Crippen molar-refractivity contribution in [2.24, 2.45) is 5.41 Å². The predicted octanol–water partition coefficient (Wildman–Crippen LogP) is 2.07. The second kappa shape index (κ2) is 4.12. The molecule has 0 aliphatic heterocycles. The number of hydrogen-bond acceptors (Lipinski definition) is 4. The van der Waals surface area contributed by atoms with Gasteiger partial charge in [-0.1, -0.05) is 0 Å². The minimum Gasteiger partial charge on any atom is -0.469 e. The first-order chi connectivity index (χ1) is 9.20. The Morgan fingerprint density at radius 1 is 1.37 bits per heavy atom. The van der Waals surface area contributed by atoms with E-state index in [0.29, 0.717) is 12.2 Å². The van der Waals surface area contributed by atoms with Gasteiger partial charge < -0.3 is 9.15 Å². The molecule has 2 aromatic heterocycles. The summed E-state index contributed by atoms with van der Waals surface area (Å²) in [4.78, 5) is 24.6. The van der Waals surface area contributed by atoms with Gasteiger partial charge >= 0.3 is 5.97 Å². The molecule has 1 saturated carbocycles. The second-order valence-electron chi connectivity index (χ2n) is 4.63. The van der Waals surface area contributed by atoms with Crippen LogP contribution in [0.25, 0.3) is 0 Å². The molecule has 1 fully saturated rings. The highest BCUT2D eigenvalue weighted by Gasteiger charge is 2.68. The summed E-state index contributed by atoms with van der Waals surface area (Å²) in [6, 6.07) is 7.01. The fourth-order valence-electron chi connectivity index (χ4n) is 2.53. The topological polar surface area (TPSA) is 61.4 Å². The number of furan rings is 1. The van der Waals surface area contributed by atoms with E-state index in [2.05, 4.69) is 0 Å². The summed E-state index contributed by atoms with van der Waals surface area (Å²) in [6.45, 7) is 0. The summed E-state index contributed by atoms with van der Waals surface area (Å²) in [5.74, 6) is -0.380. The van der Waals surface area contributed by atoms with Gasteiger partial charge in [0.25, 0.3) is 0 Å². The van der Waals surface area contributed by atoms with Crippen molar-refractivity contribution in [1.29, 1.82) is 0 Å². The van der Waals surface area contributed by atoms with Gasteiger partial charge in [-0.3, -0.25) is 14.2 Å². The number of esters is 1. The van der Waals surface area contributed by atoms with Gasteiger partial charge in [0.15, 0.2) is 5.41 Å². The number of hydrogen-bond donors (Lipinski definition) is 0. The van der Waals surface area contributed by atoms with Crippen LogP contribution in [0, 0.1) is 5.41 Å². The van der Waals surface area contributed by atoms with E-state index in [1.165, 1.54) is 17.9 Å². The van der Waals surface area contributed by atoms with Gasteiger partial charge in [0.05, 0.1) is 13.4 Å². The lowest BCUT2D eigenvalue weighted by Crippen LogP contribution is -2.32. The number of rotatable bonds is 3. The Kier molecular flexibility index (Phi) is 2.55. The molecule has 2 atom stereocenters. The Bertz CT molecular complexity index is 599. The van der Waals surface area contributed by atoms with Crippen LogP contribution in [0.3, 0.4) is 0 Å². The molecule has 19 heavy (non-hydrogen) atoms. The van der Waals surface area contributed by atoms with Gasteiger partial charge in [-0.05, 0) is 30.7 Å². The highest BCUT2D eigenvalue weighted by Crippen LogP contribution is 2.61. The maximum atomic E-state index is 12.5. The van der Waals surface area contributed by atoms with Crippen LogP contribution in [0.1, 0.15) is 22.9 Å². The average molecular weight is 259 g/mol. The van der Waals surface area contributed by atoms with Crippen molar-refractivity contribution < 1.29 is 18.7 Å². The first-order valence-electron chi connectivity index (χ1n) is 5.99. The molecule has 0 unspecified atom stereocenters. The van der Waals surface area contributed by atoms with Crippen LogP contribution in [0.4, 0.5) is 0 Å². The molecular formula is C14H13NO4. The maximum Gasteiger partial charge on any atom is 0.322 e. The number of methoxy groups -OCH3 is 1. The minimum atomic E-state index is -1.15. The molecule has 1 aliphatic carbocycles. The average Bonchev–Trinajstić information content (AvgIpc) is 2.89. The highest BCUT2D eigenvalue weighted by molar-refractivity contribution is 6.08. The number of ether oxygens (including phenoxy) is 1. The summed E-state index contributed by atoms with van der Waals surface area (Å²) in [6.07, 6.45) is 5.22. The fraction of sp³-hybridized carbons (Fsp3) is 0.286. The van der Waals surface area contributed by atoms with Gasteiger partial charge in [0, 0.05) is 18.3 Å². The molecule has 2 aromatic rings. The van der Waals surface area contributed by atoms with Crippen molar-refractivity contribution in [2.75, 3.05) is 7.11 Å². The van der Waals surface area contributed by atoms with Crippen LogP contribution >= 0.6 is 0 Å². The molecule has 5 heteroatoms. The van der Waals surface area contributed by atoms with Crippen LogP contribution in [-0.2, 0) is 9.53 Å². The second-order valence-corrected chi connectivity index (χ2v) is 4.63. The third-order valence-electron chi connectivity index (χ3n) is 3.62. The Hall–Kier alpha value is -2.30. The lowest BCUT2D eigenvalue weighted by Gasteiger charge is -2.13. The van der Waals surface area contributed by atoms with E-state index < -0.39 is 11.4 Å². The van der Waals surface area contributed by atoms with E-state index >= 15 is 0 Å². The molecular weight excluding hydrogens is 246 g/mol. The first kappa shape index (κ1) is 11.8. The number of carbonyl (C=O) groups is 2. The van der Waals surface area contributed by atoms with Gasteiger partial charge in [0.2, 0.25) is 5.91 Å². The van der Waals surface area contributed by atoms with E-state index in [0.717, 1.165) is 0 Å². The quantitative estimate of drug-likeness (QED) is 0.625. The van der Waals surface area contributed by atoms with Crippen molar-refractivity contribution in [3.8, 4) is 0 Å². The lowest BCUT2D eigenvalue weighted by atomic mass is 10.0. The number of carbonyl (C=O) groups excluding carboxylic acids is 2. The van der Waals surface area contributed by atoms with E-state index in [9.17, 15) is 9.59 Å². The zero-order chi connectivity index (χ0) is 13.5. The molecule has 0 radical (unpaired) electrons. The van der Waals surface area contributed by atoms with E-state index in [-0.39, 0.29) is 11.8 Å². The third kappa shape index (κ3) is 1.62. The first-order valence-corrected chi connectivity index (χ1v) is 5.99. The lowest BCUT2D eigenvalue weighted by molar-refractivity contribution is -0.145. The van der Waals surface area contributed by atoms with Crippen LogP contribution in [0.2, 0.25) is 0 Å². The number of nitrogens with zero attached hydrogens (tertiary/aromatic N) is 1. The minimum absolute atomic E-state index is 0.246. The summed E-state index contributed by atoms with van der Waals surface area (Å²) < 4.78 is 11.5. The Morgan fingerprint density at radius 2 is 2.11 bits per heavy atom. The third-order valence-corrected chi connectivity index (χ3v) is 3.62. The van der Waals surface area contributed by atoms with Gasteiger partial charge in [0.1, 0.15) is 5.76 Å². The van der Waals surface area contributed by atoms with Crippen LogP contribution in [0.5, 0.6) is 0 Å². The Morgan fingerprint density at radius 3 is 2.68 bits per heavy atom. The molecule has 0 bridgehead atoms. The predicted molar refractivity (Wildman–Crippen MR) is 65.6 cm³/mol. The SMILES string of the molecule is COC(=O)[C@]1(C(=O)n2cccc2)C[C@@H]1c1ccco1. The zero-order valence-corrected chi connectivity index (χ0v) is 10.4. The normalized spacial score (nSPS) is 25.0. The van der Waals surface area contributed by atoms with Crippen LogP contribution in [-0.4, -0.2) is 23.6 Å². The van der Waals surface area contributed by atoms with Crippen molar-refractivity contribution >= 4 is 11.9 Å². The van der Waals surface area contributed by atoms with Crippen molar-refractivity contribution in [3.05, 3.63) is 48.7 Å². The summed E-state index contributed by atoms with van der Waals surface area (Å²) in [7, 11) is 1.30. The number of aromatic nitrogens is 1. The smallest absolute Gasteiger partial charge is 0.322 e. The molecule has 98 valence electrons. The molecule has 0 N–H and O–H groups in total. The van der Waals surface area contributed by atoms with E-state index in [1.807, 2.05) is 0 Å². The molecule has 0 saturated heterocycles. The monoisotopic (exact) mass is 259 g/mol. The van der Waals surface area contributed by atoms with Crippen LogP contribution in [0.15, 0.2) is 47.3 Å². The Labute approximate surface area is 109 Å². The summed E-state index contributed by atoms with van der Waals surface area (Å²) >= 11 is 0. The molecule has 2 heterocycles. The standard InChI is InChI=1S/C14H13NO4/c1-18-13(17)14(12(16)15-6-2-3-7-15)9-10(14)11-5-4-8-19-11/h2-8,10H,9H2,1H3/t10-,14-/m1/s1. The molecule has 0 amide bonds. The molecule has 0 spiro atoms. The van der Waals surface area contributed by atoms with E-state index in [4.69, 9.17) is 9.15 Å². The molecule has 3 rings (SSSR count). The largest absolute Gasteiger partial charge is 0.469 e. The molecule has 5 nitrogen and oxygen atoms in total. The summed E-state index contributed by atoms with van der Waals surface area (Å²) in [5.41, 5.74) is -1.15. The molecule has 0 aromatic carbocycles. The maximum absolute atomic E-state index is 12.5. The zero-order valence-electron chi connectivity index (χ0n) is 10.4. The van der Waals surface area contributed by atoms with Crippen LogP contribution < -0.4 is 0 Å².